The van der Waals surface area contributed by atoms with Crippen LogP contribution in [0.3, 0.4) is 0 Å². The number of rotatable bonds is 7. The molecule has 6 nitrogen and oxygen atoms in total. The van der Waals surface area contributed by atoms with Crippen LogP contribution in [0.15, 0.2) is 69.7 Å². The van der Waals surface area contributed by atoms with Gasteiger partial charge in [0.15, 0.2) is 0 Å². The van der Waals surface area contributed by atoms with Crippen molar-refractivity contribution in [1.82, 2.24) is 10.3 Å². The monoisotopic (exact) mass is 480 g/mol. The number of carbonyl (C=O) groups is 2. The van der Waals surface area contributed by atoms with E-state index in [1.54, 1.807) is 11.8 Å². The third kappa shape index (κ3) is 4.29. The number of aromatic nitrogens is 1. The molecule has 2 aromatic rings. The molecule has 5 rings (SSSR count). The Morgan fingerprint density at radius 3 is 2.79 bits per heavy atom. The van der Waals surface area contributed by atoms with E-state index in [-0.39, 0.29) is 27.1 Å². The minimum absolute atomic E-state index is 0.153. The van der Waals surface area contributed by atoms with Gasteiger partial charge in [-0.3, -0.25) is 14.9 Å². The molecule has 1 aromatic carbocycles. The molecule has 2 aliphatic heterocycles. The Morgan fingerprint density at radius 2 is 2.03 bits per heavy atom. The number of thioether (sulfide) groups is 2. The molecule has 1 fully saturated rings. The van der Waals surface area contributed by atoms with Crippen LogP contribution in [0.5, 0.6) is 0 Å². The van der Waals surface area contributed by atoms with Crippen molar-refractivity contribution >= 4 is 34.7 Å². The van der Waals surface area contributed by atoms with E-state index < -0.39 is 0 Å². The lowest BCUT2D eigenvalue weighted by atomic mass is 9.77. The third-order valence-electron chi connectivity index (χ3n) is 6.19. The Morgan fingerprint density at radius 1 is 1.21 bits per heavy atom. The summed E-state index contributed by atoms with van der Waals surface area (Å²) < 4.78 is 12.1. The summed E-state index contributed by atoms with van der Waals surface area (Å²) >= 11 is 2.81. The molecule has 1 aliphatic carbocycles. The Kier molecular flexibility index (Phi) is 5.97. The zero-order valence-corrected chi connectivity index (χ0v) is 20.0. The molecule has 2 amide bonds. The van der Waals surface area contributed by atoms with Gasteiger partial charge in [0.25, 0.3) is 5.24 Å². The van der Waals surface area contributed by atoms with E-state index in [4.69, 9.17) is 9.15 Å². The molecular weight excluding hydrogens is 456 g/mol. The minimum atomic E-state index is -0.362. The van der Waals surface area contributed by atoms with E-state index in [9.17, 15) is 9.59 Å². The number of ether oxygens (including phenoxy) is 1. The normalized spacial score (nSPS) is 26.1. The molecule has 0 radical (unpaired) electrons. The highest BCUT2D eigenvalue weighted by molar-refractivity contribution is 8.15. The summed E-state index contributed by atoms with van der Waals surface area (Å²) in [6.45, 7) is 4.58. The number of aryl methyl sites for hydroxylation is 1. The number of hydrogen-bond donors (Lipinski definition) is 1. The number of carbonyl (C=O) groups excluding carboxylic acids is 2. The largest absolute Gasteiger partial charge is 0.497 e. The first kappa shape index (κ1) is 22.1. The third-order valence-corrected chi connectivity index (χ3v) is 8.53. The van der Waals surface area contributed by atoms with Crippen LogP contribution in [-0.4, -0.2) is 33.2 Å². The molecule has 170 valence electrons. The number of benzene rings is 1. The average Bonchev–Trinajstić information content (AvgIpc) is 3.47. The summed E-state index contributed by atoms with van der Waals surface area (Å²) in [5.74, 6) is 2.13. The van der Waals surface area contributed by atoms with Crippen molar-refractivity contribution in [3.8, 4) is 11.5 Å². The second-order valence-electron chi connectivity index (χ2n) is 8.45. The van der Waals surface area contributed by atoms with Crippen LogP contribution in [0.25, 0.3) is 11.5 Å². The van der Waals surface area contributed by atoms with Crippen LogP contribution in [0.4, 0.5) is 4.79 Å². The van der Waals surface area contributed by atoms with Gasteiger partial charge in [-0.2, -0.15) is 0 Å². The highest BCUT2D eigenvalue weighted by Crippen LogP contribution is 2.52. The second-order valence-corrected chi connectivity index (χ2v) is 10.6. The molecule has 1 aromatic heterocycles. The number of fused-ring (bicyclic) bond motifs is 1. The fourth-order valence-corrected chi connectivity index (χ4v) is 6.57. The first-order valence-electron chi connectivity index (χ1n) is 10.8. The maximum Gasteiger partial charge on any atom is 0.286 e. The smallest absolute Gasteiger partial charge is 0.286 e. The number of oxazole rings is 1. The molecule has 8 heteroatoms. The van der Waals surface area contributed by atoms with Gasteiger partial charge in [-0.05, 0) is 43.9 Å². The SMILES string of the molecule is Cc1oc(-c2ccccc2)nc1CCOC1=CC=C(CC2SC(=O)NC2=O)C2SC=CC12C. The maximum atomic E-state index is 12.0. The van der Waals surface area contributed by atoms with E-state index in [0.29, 0.717) is 25.3 Å². The van der Waals surface area contributed by atoms with Gasteiger partial charge in [0.2, 0.25) is 11.8 Å². The number of imide groups is 1. The molecule has 33 heavy (non-hydrogen) atoms. The number of nitrogens with zero attached hydrogens (tertiary/aromatic N) is 1. The van der Waals surface area contributed by atoms with E-state index in [0.717, 1.165) is 40.1 Å². The predicted molar refractivity (Wildman–Crippen MR) is 131 cm³/mol. The minimum Gasteiger partial charge on any atom is -0.497 e. The lowest BCUT2D eigenvalue weighted by Gasteiger charge is -2.36. The van der Waals surface area contributed by atoms with Crippen molar-refractivity contribution in [2.45, 2.75) is 37.2 Å². The lowest BCUT2D eigenvalue weighted by molar-refractivity contribution is -0.118. The average molecular weight is 481 g/mol. The van der Waals surface area contributed by atoms with Gasteiger partial charge < -0.3 is 9.15 Å². The zero-order valence-electron chi connectivity index (χ0n) is 18.4. The molecule has 3 heterocycles. The summed E-state index contributed by atoms with van der Waals surface area (Å²) in [5, 5.41) is 4.00. The second kappa shape index (κ2) is 8.91. The Bertz CT molecular complexity index is 1180. The van der Waals surface area contributed by atoms with Gasteiger partial charge in [0, 0.05) is 17.2 Å². The summed E-state index contributed by atoms with van der Waals surface area (Å²) in [7, 11) is 0. The van der Waals surface area contributed by atoms with E-state index >= 15 is 0 Å². The first-order chi connectivity index (χ1) is 15.9. The van der Waals surface area contributed by atoms with Crippen molar-refractivity contribution in [1.29, 1.82) is 0 Å². The molecule has 3 aliphatic rings. The molecule has 0 spiro atoms. The van der Waals surface area contributed by atoms with Crippen molar-refractivity contribution < 1.29 is 18.7 Å². The van der Waals surface area contributed by atoms with E-state index in [2.05, 4.69) is 28.7 Å². The zero-order chi connectivity index (χ0) is 23.0. The van der Waals surface area contributed by atoms with Crippen molar-refractivity contribution in [2.24, 2.45) is 5.41 Å². The van der Waals surface area contributed by atoms with Crippen LogP contribution in [-0.2, 0) is 16.0 Å². The molecule has 1 saturated heterocycles. The highest BCUT2D eigenvalue weighted by atomic mass is 32.2. The first-order valence-corrected chi connectivity index (χ1v) is 12.7. The summed E-state index contributed by atoms with van der Waals surface area (Å²) in [6, 6.07) is 9.87. The number of nitrogens with one attached hydrogen (secondary N) is 1. The van der Waals surface area contributed by atoms with E-state index in [1.165, 1.54) is 0 Å². The summed E-state index contributed by atoms with van der Waals surface area (Å²) in [5.41, 5.74) is 2.72. The number of allylic oxidation sites excluding steroid dienone is 3. The van der Waals surface area contributed by atoms with Crippen LogP contribution in [0.2, 0.25) is 0 Å². The van der Waals surface area contributed by atoms with Gasteiger partial charge in [-0.15, -0.1) is 11.8 Å². The van der Waals surface area contributed by atoms with Crippen molar-refractivity contribution in [3.63, 3.8) is 0 Å². The number of hydrogen-bond acceptors (Lipinski definition) is 7. The molecule has 3 unspecified atom stereocenters. The Balaban J connectivity index is 1.27. The molecule has 3 atom stereocenters. The van der Waals surface area contributed by atoms with Gasteiger partial charge in [-0.25, -0.2) is 4.98 Å². The van der Waals surface area contributed by atoms with E-state index in [1.807, 2.05) is 49.4 Å². The van der Waals surface area contributed by atoms with Crippen LogP contribution in [0, 0.1) is 12.3 Å². The van der Waals surface area contributed by atoms with Gasteiger partial charge in [-0.1, -0.05) is 47.7 Å². The van der Waals surface area contributed by atoms with Crippen LogP contribution < -0.4 is 5.32 Å². The highest BCUT2D eigenvalue weighted by Gasteiger charge is 2.45. The Hall–Kier alpha value is -2.71. The lowest BCUT2D eigenvalue weighted by Crippen LogP contribution is -2.34. The molecule has 1 N–H and O–H groups in total. The summed E-state index contributed by atoms with van der Waals surface area (Å²) in [4.78, 5) is 28.2. The van der Waals surface area contributed by atoms with Gasteiger partial charge >= 0.3 is 0 Å². The fourth-order valence-electron chi connectivity index (χ4n) is 4.36. The van der Waals surface area contributed by atoms with Gasteiger partial charge in [0.1, 0.15) is 11.5 Å². The standard InChI is InChI=1S/C25H24N2O4S2/c1-15-18(26-23(31-15)16-6-4-3-5-7-16)10-12-30-20-9-8-17(21-25(20,2)11-13-32-21)14-19-22(28)27-24(29)33-19/h3-9,11,13,19,21H,10,12,14H2,1-2H3,(H,27,28,29). The quantitative estimate of drug-likeness (QED) is 0.567. The molecular formula is C25H24N2O4S2. The van der Waals surface area contributed by atoms with Crippen molar-refractivity contribution in [3.05, 3.63) is 76.8 Å². The van der Waals surface area contributed by atoms with Gasteiger partial charge in [0.05, 0.1) is 23.0 Å². The number of amides is 2. The predicted octanol–water partition coefficient (Wildman–Crippen LogP) is 5.41. The van der Waals surface area contributed by atoms with Crippen molar-refractivity contribution in [2.75, 3.05) is 6.61 Å². The molecule has 0 saturated carbocycles. The maximum absolute atomic E-state index is 12.0. The summed E-state index contributed by atoms with van der Waals surface area (Å²) in [6.07, 6.45) is 7.43. The van der Waals surface area contributed by atoms with Crippen LogP contribution in [0.1, 0.15) is 24.8 Å². The van der Waals surface area contributed by atoms with Crippen LogP contribution >= 0.6 is 23.5 Å². The fraction of sp³-hybridized carbons (Fsp3) is 0.320. The topological polar surface area (TPSA) is 81.4 Å². The Labute approximate surface area is 200 Å². The molecule has 0 bridgehead atoms.